The van der Waals surface area contributed by atoms with E-state index in [4.69, 9.17) is 10.2 Å². The molecule has 2 aromatic rings. The van der Waals surface area contributed by atoms with E-state index in [1.807, 2.05) is 0 Å². The summed E-state index contributed by atoms with van der Waals surface area (Å²) in [6.45, 7) is 1.42. The number of alkyl halides is 3. The molecular formula is C11H9F4NO. The molecule has 0 aliphatic carbocycles. The first kappa shape index (κ1) is 11.9. The number of halogens is 4. The van der Waals surface area contributed by atoms with Crippen molar-refractivity contribution in [3.05, 3.63) is 35.3 Å². The lowest BCUT2D eigenvalue weighted by Crippen LogP contribution is -2.28. The SMILES string of the molecule is Cc1c(C(N)C(F)(F)F)oc2c(F)cccc12. The third kappa shape index (κ3) is 1.88. The molecule has 0 aliphatic heterocycles. The normalized spacial score (nSPS) is 14.2. The van der Waals surface area contributed by atoms with Crippen molar-refractivity contribution in [1.29, 1.82) is 0 Å². The van der Waals surface area contributed by atoms with Crippen molar-refractivity contribution in [3.63, 3.8) is 0 Å². The molecule has 1 atom stereocenters. The van der Waals surface area contributed by atoms with Crippen LogP contribution in [0, 0.1) is 12.7 Å². The smallest absolute Gasteiger partial charge is 0.410 e. The molecule has 1 aromatic heterocycles. The van der Waals surface area contributed by atoms with E-state index >= 15 is 0 Å². The maximum Gasteiger partial charge on any atom is 0.410 e. The van der Waals surface area contributed by atoms with Gasteiger partial charge < -0.3 is 10.2 Å². The number of nitrogens with two attached hydrogens (primary N) is 1. The van der Waals surface area contributed by atoms with Crippen LogP contribution < -0.4 is 5.73 Å². The summed E-state index contributed by atoms with van der Waals surface area (Å²) < 4.78 is 55.6. The van der Waals surface area contributed by atoms with Gasteiger partial charge in [0.05, 0.1) is 0 Å². The molecule has 2 nitrogen and oxygen atoms in total. The van der Waals surface area contributed by atoms with E-state index in [1.165, 1.54) is 19.1 Å². The second-order valence-corrected chi connectivity index (χ2v) is 3.73. The van der Waals surface area contributed by atoms with Gasteiger partial charge in [-0.2, -0.15) is 13.2 Å². The van der Waals surface area contributed by atoms with Crippen LogP contribution in [0.3, 0.4) is 0 Å². The molecule has 0 spiro atoms. The molecular weight excluding hydrogens is 238 g/mol. The van der Waals surface area contributed by atoms with Gasteiger partial charge in [-0.25, -0.2) is 4.39 Å². The van der Waals surface area contributed by atoms with Crippen molar-refractivity contribution in [2.24, 2.45) is 5.73 Å². The molecule has 0 saturated heterocycles. The van der Waals surface area contributed by atoms with Gasteiger partial charge in [-0.3, -0.25) is 0 Å². The number of hydrogen-bond acceptors (Lipinski definition) is 2. The van der Waals surface area contributed by atoms with Crippen LogP contribution in [-0.2, 0) is 0 Å². The second kappa shape index (κ2) is 3.73. The Morgan fingerprint density at radius 3 is 2.47 bits per heavy atom. The molecule has 6 heteroatoms. The van der Waals surface area contributed by atoms with E-state index in [1.54, 1.807) is 0 Å². The number of fused-ring (bicyclic) bond motifs is 1. The molecule has 1 unspecified atom stereocenters. The van der Waals surface area contributed by atoms with E-state index in [9.17, 15) is 17.6 Å². The molecule has 0 radical (unpaired) electrons. The van der Waals surface area contributed by atoms with Gasteiger partial charge in [0, 0.05) is 10.9 Å². The standard InChI is InChI=1S/C11H9F4NO/c1-5-6-3-2-4-7(12)9(6)17-8(5)10(16)11(13,14)15/h2-4,10H,16H2,1H3. The lowest BCUT2D eigenvalue weighted by Gasteiger charge is -2.13. The zero-order chi connectivity index (χ0) is 12.8. The van der Waals surface area contributed by atoms with Gasteiger partial charge in [0.2, 0.25) is 0 Å². The summed E-state index contributed by atoms with van der Waals surface area (Å²) in [4.78, 5) is 0. The summed E-state index contributed by atoms with van der Waals surface area (Å²) in [5, 5.41) is 0.305. The average molecular weight is 247 g/mol. The van der Waals surface area contributed by atoms with Crippen LogP contribution in [0.2, 0.25) is 0 Å². The number of aryl methyl sites for hydroxylation is 1. The molecule has 1 aromatic carbocycles. The van der Waals surface area contributed by atoms with Crippen molar-refractivity contribution in [3.8, 4) is 0 Å². The van der Waals surface area contributed by atoms with Gasteiger partial charge >= 0.3 is 6.18 Å². The van der Waals surface area contributed by atoms with Crippen molar-refractivity contribution < 1.29 is 22.0 Å². The van der Waals surface area contributed by atoms with Gasteiger partial charge in [-0.15, -0.1) is 0 Å². The zero-order valence-electron chi connectivity index (χ0n) is 8.81. The predicted octanol–water partition coefficient (Wildman–Crippen LogP) is 3.44. The molecule has 0 amide bonds. The van der Waals surface area contributed by atoms with Crippen LogP contribution in [0.25, 0.3) is 11.0 Å². The molecule has 92 valence electrons. The van der Waals surface area contributed by atoms with Crippen molar-refractivity contribution in [1.82, 2.24) is 0 Å². The van der Waals surface area contributed by atoms with Crippen LogP contribution in [0.1, 0.15) is 17.4 Å². The second-order valence-electron chi connectivity index (χ2n) is 3.73. The summed E-state index contributed by atoms with van der Waals surface area (Å²) in [6, 6.07) is 1.77. The molecule has 2 rings (SSSR count). The van der Waals surface area contributed by atoms with Gasteiger partial charge in [-0.1, -0.05) is 12.1 Å². The van der Waals surface area contributed by atoms with Crippen molar-refractivity contribution >= 4 is 11.0 Å². The van der Waals surface area contributed by atoms with Gasteiger partial charge in [0.25, 0.3) is 0 Å². The van der Waals surface area contributed by atoms with Crippen molar-refractivity contribution in [2.75, 3.05) is 0 Å². The Hall–Kier alpha value is -1.56. The summed E-state index contributed by atoms with van der Waals surface area (Å²) >= 11 is 0. The highest BCUT2D eigenvalue weighted by Gasteiger charge is 2.41. The molecule has 0 fully saturated rings. The predicted molar refractivity (Wildman–Crippen MR) is 53.9 cm³/mol. The molecule has 0 saturated carbocycles. The summed E-state index contributed by atoms with van der Waals surface area (Å²) in [7, 11) is 0. The highest BCUT2D eigenvalue weighted by molar-refractivity contribution is 5.82. The third-order valence-electron chi connectivity index (χ3n) is 2.59. The Labute approximate surface area is 94.0 Å². The van der Waals surface area contributed by atoms with E-state index in [2.05, 4.69) is 0 Å². The molecule has 0 bridgehead atoms. The first-order valence-corrected chi connectivity index (χ1v) is 4.82. The number of para-hydroxylation sites is 1. The Bertz CT molecular complexity index is 558. The number of rotatable bonds is 1. The lowest BCUT2D eigenvalue weighted by atomic mass is 10.1. The quantitative estimate of drug-likeness (QED) is 0.784. The summed E-state index contributed by atoms with van der Waals surface area (Å²) in [6.07, 6.45) is -4.62. The number of benzene rings is 1. The first-order valence-electron chi connectivity index (χ1n) is 4.82. The first-order chi connectivity index (χ1) is 7.82. The minimum Gasteiger partial charge on any atom is -0.456 e. The summed E-state index contributed by atoms with van der Waals surface area (Å²) in [5.41, 5.74) is 5.06. The Kier molecular flexibility index (Phi) is 2.61. The maximum atomic E-state index is 13.3. The van der Waals surface area contributed by atoms with E-state index in [0.717, 1.165) is 6.07 Å². The van der Waals surface area contributed by atoms with E-state index < -0.39 is 23.8 Å². The van der Waals surface area contributed by atoms with Crippen LogP contribution >= 0.6 is 0 Å². The molecule has 0 aliphatic rings. The highest BCUT2D eigenvalue weighted by atomic mass is 19.4. The fraction of sp³-hybridized carbons (Fsp3) is 0.273. The fourth-order valence-corrected chi connectivity index (χ4v) is 1.67. The topological polar surface area (TPSA) is 39.2 Å². The van der Waals surface area contributed by atoms with Crippen LogP contribution in [0.4, 0.5) is 17.6 Å². The zero-order valence-corrected chi connectivity index (χ0v) is 8.81. The Balaban J connectivity index is 2.64. The Morgan fingerprint density at radius 1 is 1.29 bits per heavy atom. The van der Waals surface area contributed by atoms with Gasteiger partial charge in [0.15, 0.2) is 17.4 Å². The minimum atomic E-state index is -4.62. The largest absolute Gasteiger partial charge is 0.456 e. The van der Waals surface area contributed by atoms with Gasteiger partial charge in [0.1, 0.15) is 5.76 Å². The van der Waals surface area contributed by atoms with Crippen LogP contribution in [-0.4, -0.2) is 6.18 Å². The Morgan fingerprint density at radius 2 is 1.94 bits per heavy atom. The number of hydrogen-bond donors (Lipinski definition) is 1. The van der Waals surface area contributed by atoms with E-state index in [0.29, 0.717) is 5.39 Å². The van der Waals surface area contributed by atoms with Gasteiger partial charge in [-0.05, 0) is 13.0 Å². The lowest BCUT2D eigenvalue weighted by molar-refractivity contribution is -0.152. The molecule has 17 heavy (non-hydrogen) atoms. The maximum absolute atomic E-state index is 13.3. The monoisotopic (exact) mass is 247 g/mol. The minimum absolute atomic E-state index is 0.195. The third-order valence-corrected chi connectivity index (χ3v) is 2.59. The average Bonchev–Trinajstić information content (AvgIpc) is 2.56. The van der Waals surface area contributed by atoms with Crippen LogP contribution in [0.5, 0.6) is 0 Å². The van der Waals surface area contributed by atoms with Crippen LogP contribution in [0.15, 0.2) is 22.6 Å². The summed E-state index contributed by atoms with van der Waals surface area (Å²) in [5.74, 6) is -1.15. The highest BCUT2D eigenvalue weighted by Crippen LogP contribution is 2.37. The van der Waals surface area contributed by atoms with Crippen molar-refractivity contribution in [2.45, 2.75) is 19.1 Å². The molecule has 2 N–H and O–H groups in total. The number of furan rings is 1. The molecule has 1 heterocycles. The fourth-order valence-electron chi connectivity index (χ4n) is 1.67. The van der Waals surface area contributed by atoms with E-state index in [-0.39, 0.29) is 11.1 Å².